The second-order valence-corrected chi connectivity index (χ2v) is 8.52. The SMILES string of the molecule is CCNCc1nc2c([nH]1)c(N)nc1cc(CCCCCNC(C)(C)C)ccc12. The molecule has 6 heteroatoms. The normalized spacial score (nSPS) is 12.3. The van der Waals surface area contributed by atoms with Gasteiger partial charge in [-0.2, -0.15) is 0 Å². The molecule has 2 heterocycles. The molecule has 6 nitrogen and oxygen atoms in total. The van der Waals surface area contributed by atoms with Crippen LogP contribution in [0.2, 0.25) is 0 Å². The number of nitrogens with one attached hydrogen (secondary N) is 3. The molecular formula is C22H34N6. The smallest absolute Gasteiger partial charge is 0.150 e. The van der Waals surface area contributed by atoms with Gasteiger partial charge in [-0.3, -0.25) is 0 Å². The monoisotopic (exact) mass is 382 g/mol. The van der Waals surface area contributed by atoms with Crippen molar-refractivity contribution in [2.24, 2.45) is 0 Å². The molecule has 0 radical (unpaired) electrons. The van der Waals surface area contributed by atoms with Gasteiger partial charge < -0.3 is 21.4 Å². The number of aromatic amines is 1. The molecule has 0 aliphatic heterocycles. The second kappa shape index (κ2) is 8.88. The Morgan fingerprint density at radius 3 is 2.68 bits per heavy atom. The first-order chi connectivity index (χ1) is 13.4. The van der Waals surface area contributed by atoms with Crippen molar-refractivity contribution in [1.82, 2.24) is 25.6 Å². The number of anilines is 1. The van der Waals surface area contributed by atoms with Crippen LogP contribution in [0.5, 0.6) is 0 Å². The van der Waals surface area contributed by atoms with Crippen LogP contribution < -0.4 is 16.4 Å². The van der Waals surface area contributed by atoms with Crippen LogP contribution in [0.15, 0.2) is 18.2 Å². The lowest BCUT2D eigenvalue weighted by atomic mass is 10.0. The van der Waals surface area contributed by atoms with Crippen molar-refractivity contribution in [1.29, 1.82) is 0 Å². The first kappa shape index (κ1) is 20.6. The number of imidazole rings is 1. The number of benzene rings is 1. The maximum atomic E-state index is 6.19. The molecule has 0 amide bonds. The van der Waals surface area contributed by atoms with Gasteiger partial charge in [-0.25, -0.2) is 9.97 Å². The van der Waals surface area contributed by atoms with Crippen LogP contribution in [-0.4, -0.2) is 33.6 Å². The number of H-pyrrole nitrogens is 1. The maximum absolute atomic E-state index is 6.19. The highest BCUT2D eigenvalue weighted by atomic mass is 15.0. The molecule has 0 saturated heterocycles. The molecule has 0 spiro atoms. The van der Waals surface area contributed by atoms with Gasteiger partial charge in [-0.1, -0.05) is 25.5 Å². The highest BCUT2D eigenvalue weighted by molar-refractivity contribution is 6.06. The highest BCUT2D eigenvalue weighted by Crippen LogP contribution is 2.27. The summed E-state index contributed by atoms with van der Waals surface area (Å²) in [5.74, 6) is 1.41. The first-order valence-corrected chi connectivity index (χ1v) is 10.4. The third-order valence-corrected chi connectivity index (χ3v) is 4.91. The van der Waals surface area contributed by atoms with Gasteiger partial charge in [0.15, 0.2) is 0 Å². The summed E-state index contributed by atoms with van der Waals surface area (Å²) >= 11 is 0. The van der Waals surface area contributed by atoms with Crippen LogP contribution >= 0.6 is 0 Å². The number of fused-ring (bicyclic) bond motifs is 3. The fourth-order valence-corrected chi connectivity index (χ4v) is 3.44. The number of aryl methyl sites for hydroxylation is 1. The molecular weight excluding hydrogens is 348 g/mol. The average Bonchev–Trinajstić information content (AvgIpc) is 3.07. The fraction of sp³-hybridized carbons (Fsp3) is 0.545. The van der Waals surface area contributed by atoms with Crippen LogP contribution in [0.4, 0.5) is 5.82 Å². The van der Waals surface area contributed by atoms with Gasteiger partial charge >= 0.3 is 0 Å². The van der Waals surface area contributed by atoms with E-state index in [2.05, 4.69) is 66.5 Å². The summed E-state index contributed by atoms with van der Waals surface area (Å²) in [6, 6.07) is 6.50. The zero-order chi connectivity index (χ0) is 20.1. The number of nitrogens with two attached hydrogens (primary N) is 1. The molecule has 2 aromatic heterocycles. The number of hydrogen-bond donors (Lipinski definition) is 4. The van der Waals surface area contributed by atoms with E-state index in [9.17, 15) is 0 Å². The molecule has 0 atom stereocenters. The standard InChI is InChI=1S/C22H34N6/c1-5-24-14-18-27-19-16-11-10-15(9-7-6-8-12-25-22(2,3)4)13-17(16)26-21(23)20(19)28-18/h10-11,13,24-25H,5-9,12,14H2,1-4H3,(H2,23,26)(H,27,28). The molecule has 0 saturated carbocycles. The van der Waals surface area contributed by atoms with E-state index in [0.29, 0.717) is 12.4 Å². The Bertz CT molecular complexity index is 922. The molecule has 5 N–H and O–H groups in total. The number of hydrogen-bond acceptors (Lipinski definition) is 5. The van der Waals surface area contributed by atoms with Crippen LogP contribution in [0, 0.1) is 0 Å². The Hall–Kier alpha value is -2.18. The maximum Gasteiger partial charge on any atom is 0.150 e. The Labute approximate surface area is 167 Å². The molecule has 1 aromatic carbocycles. The Morgan fingerprint density at radius 2 is 1.93 bits per heavy atom. The number of unbranched alkanes of at least 4 members (excludes halogenated alkanes) is 2. The van der Waals surface area contributed by atoms with Gasteiger partial charge in [-0.05, 0) is 64.8 Å². The summed E-state index contributed by atoms with van der Waals surface area (Å²) in [6.45, 7) is 11.4. The molecule has 0 aliphatic carbocycles. The molecule has 28 heavy (non-hydrogen) atoms. The van der Waals surface area contributed by atoms with E-state index >= 15 is 0 Å². The quantitative estimate of drug-likeness (QED) is 0.421. The zero-order valence-electron chi connectivity index (χ0n) is 17.7. The van der Waals surface area contributed by atoms with Crippen molar-refractivity contribution in [2.45, 2.75) is 65.5 Å². The van der Waals surface area contributed by atoms with Crippen molar-refractivity contribution >= 4 is 27.8 Å². The number of rotatable bonds is 9. The van der Waals surface area contributed by atoms with Crippen LogP contribution in [-0.2, 0) is 13.0 Å². The number of aromatic nitrogens is 3. The van der Waals surface area contributed by atoms with Gasteiger partial charge in [-0.15, -0.1) is 0 Å². The van der Waals surface area contributed by atoms with Gasteiger partial charge in [0.05, 0.1) is 12.1 Å². The predicted molar refractivity (Wildman–Crippen MR) is 118 cm³/mol. The molecule has 0 fully saturated rings. The minimum atomic E-state index is 0.202. The van der Waals surface area contributed by atoms with Gasteiger partial charge in [0.2, 0.25) is 0 Å². The second-order valence-electron chi connectivity index (χ2n) is 8.52. The van der Waals surface area contributed by atoms with Crippen LogP contribution in [0.25, 0.3) is 21.9 Å². The Morgan fingerprint density at radius 1 is 1.11 bits per heavy atom. The molecule has 0 aliphatic rings. The van der Waals surface area contributed by atoms with Gasteiger partial charge in [0.1, 0.15) is 22.7 Å². The summed E-state index contributed by atoms with van der Waals surface area (Å²) < 4.78 is 0. The molecule has 0 unspecified atom stereocenters. The number of nitrogen functional groups attached to an aromatic ring is 1. The summed E-state index contributed by atoms with van der Waals surface area (Å²) in [7, 11) is 0. The number of pyridine rings is 1. The minimum absolute atomic E-state index is 0.202. The average molecular weight is 383 g/mol. The first-order valence-electron chi connectivity index (χ1n) is 10.4. The topological polar surface area (TPSA) is 91.7 Å². The lowest BCUT2D eigenvalue weighted by molar-refractivity contribution is 0.417. The number of nitrogens with zero attached hydrogens (tertiary/aromatic N) is 2. The van der Waals surface area contributed by atoms with Crippen molar-refractivity contribution in [2.75, 3.05) is 18.8 Å². The van der Waals surface area contributed by atoms with E-state index in [1.165, 1.54) is 24.8 Å². The summed E-state index contributed by atoms with van der Waals surface area (Å²) in [6.07, 6.45) is 4.68. The molecule has 152 valence electrons. The van der Waals surface area contributed by atoms with Gasteiger partial charge in [0, 0.05) is 10.9 Å². The highest BCUT2D eigenvalue weighted by Gasteiger charge is 2.12. The van der Waals surface area contributed by atoms with E-state index in [-0.39, 0.29) is 5.54 Å². The van der Waals surface area contributed by atoms with Crippen LogP contribution in [0.3, 0.4) is 0 Å². The third kappa shape index (κ3) is 5.20. The molecule has 3 aromatic rings. The summed E-state index contributed by atoms with van der Waals surface area (Å²) in [4.78, 5) is 12.7. The third-order valence-electron chi connectivity index (χ3n) is 4.91. The van der Waals surface area contributed by atoms with Crippen molar-refractivity contribution in [3.63, 3.8) is 0 Å². The van der Waals surface area contributed by atoms with E-state index in [1.54, 1.807) is 0 Å². The minimum Gasteiger partial charge on any atom is -0.382 e. The summed E-state index contributed by atoms with van der Waals surface area (Å²) in [5, 5.41) is 7.89. The predicted octanol–water partition coefficient (Wildman–Crippen LogP) is 3.90. The zero-order valence-corrected chi connectivity index (χ0v) is 17.7. The van der Waals surface area contributed by atoms with Crippen molar-refractivity contribution in [3.05, 3.63) is 29.6 Å². The lowest BCUT2D eigenvalue weighted by Crippen LogP contribution is -2.36. The van der Waals surface area contributed by atoms with E-state index in [4.69, 9.17) is 10.7 Å². The van der Waals surface area contributed by atoms with E-state index < -0.39 is 0 Å². The van der Waals surface area contributed by atoms with Gasteiger partial charge in [0.25, 0.3) is 0 Å². The largest absolute Gasteiger partial charge is 0.382 e. The Balaban J connectivity index is 1.67. The Kier molecular flexibility index (Phi) is 6.52. The van der Waals surface area contributed by atoms with Crippen molar-refractivity contribution in [3.8, 4) is 0 Å². The van der Waals surface area contributed by atoms with Crippen molar-refractivity contribution < 1.29 is 0 Å². The van der Waals surface area contributed by atoms with E-state index in [1.807, 2.05) is 0 Å². The fourth-order valence-electron chi connectivity index (χ4n) is 3.44. The molecule has 3 rings (SSSR count). The lowest BCUT2D eigenvalue weighted by Gasteiger charge is -2.20. The summed E-state index contributed by atoms with van der Waals surface area (Å²) in [5.41, 5.74) is 10.4. The molecule has 0 bridgehead atoms. The van der Waals surface area contributed by atoms with Crippen LogP contribution in [0.1, 0.15) is 58.3 Å². The van der Waals surface area contributed by atoms with E-state index in [0.717, 1.165) is 47.3 Å².